The highest BCUT2D eigenvalue weighted by Gasteiger charge is 2.40. The summed E-state index contributed by atoms with van der Waals surface area (Å²) in [5, 5.41) is 20.1. The van der Waals surface area contributed by atoms with Gasteiger partial charge in [0, 0.05) is 52.4 Å². The first kappa shape index (κ1) is 40.5. The van der Waals surface area contributed by atoms with E-state index in [9.17, 15) is 19.2 Å². The number of ether oxygens (including phenoxy) is 1. The van der Waals surface area contributed by atoms with Crippen LogP contribution in [0.5, 0.6) is 0 Å². The normalized spacial score (nSPS) is 17.7. The predicted octanol–water partition coefficient (Wildman–Crippen LogP) is 9.34. The second-order valence-electron chi connectivity index (χ2n) is 14.7. The number of Topliss-reactive ketones (excluding diaryl/α,β-unsaturated/α-hetero) is 1. The van der Waals surface area contributed by atoms with Crippen molar-refractivity contribution in [3.63, 3.8) is 0 Å². The van der Waals surface area contributed by atoms with Crippen LogP contribution in [0.2, 0.25) is 0 Å². The molecule has 4 aromatic rings. The molecule has 2 aromatic carbocycles. The van der Waals surface area contributed by atoms with Crippen LogP contribution in [0, 0.1) is 17.3 Å². The van der Waals surface area contributed by atoms with Gasteiger partial charge in [0.15, 0.2) is 12.4 Å². The number of carbonyl (C=O) groups excluding carboxylic acids is 2. The maximum absolute atomic E-state index is 12.1. The number of esters is 1. The van der Waals surface area contributed by atoms with E-state index in [0.717, 1.165) is 60.3 Å². The highest BCUT2D eigenvalue weighted by atomic mass is 16.5. The van der Waals surface area contributed by atoms with Crippen LogP contribution >= 0.6 is 0 Å². The number of carboxylic acids is 2. The van der Waals surface area contributed by atoms with Crippen LogP contribution in [-0.4, -0.2) is 46.0 Å². The summed E-state index contributed by atoms with van der Waals surface area (Å²) >= 11 is 0. The Morgan fingerprint density at radius 1 is 0.906 bits per heavy atom. The van der Waals surface area contributed by atoms with Crippen molar-refractivity contribution in [1.29, 1.82) is 0 Å². The molecule has 0 aliphatic heterocycles. The number of nitrogens with one attached hydrogen (secondary N) is 1. The van der Waals surface area contributed by atoms with Gasteiger partial charge in [0.1, 0.15) is 16.9 Å². The summed E-state index contributed by atoms with van der Waals surface area (Å²) < 4.78 is 6.81. The fraction of sp³-hybridized carbons (Fsp3) is 0.386. The fourth-order valence-electron chi connectivity index (χ4n) is 7.33. The average Bonchev–Trinajstić information content (AvgIpc) is 3.50. The third kappa shape index (κ3) is 10.9. The number of methoxy groups -OCH3 is 1. The van der Waals surface area contributed by atoms with Gasteiger partial charge in [-0.25, -0.2) is 14.4 Å². The number of benzene rings is 2. The van der Waals surface area contributed by atoms with E-state index >= 15 is 0 Å². The molecule has 2 unspecified atom stereocenters. The number of carboxylic acid groups (broad SMARTS) is 2. The van der Waals surface area contributed by atoms with E-state index < -0.39 is 11.9 Å². The molecule has 2 atom stereocenters. The molecule has 2 aromatic heterocycles. The summed E-state index contributed by atoms with van der Waals surface area (Å²) in [6, 6.07) is 17.7. The van der Waals surface area contributed by atoms with Gasteiger partial charge in [-0.3, -0.25) is 4.79 Å². The minimum absolute atomic E-state index is 0.0827. The van der Waals surface area contributed by atoms with Crippen molar-refractivity contribution in [3.05, 3.63) is 108 Å². The van der Waals surface area contributed by atoms with E-state index in [1.54, 1.807) is 6.07 Å². The Kier molecular flexibility index (Phi) is 14.1. The molecule has 9 nitrogen and oxygen atoms in total. The molecule has 0 radical (unpaired) electrons. The molecule has 1 fully saturated rings. The number of hydrogen-bond donors (Lipinski definition) is 3. The number of pyridine rings is 1. The predicted molar refractivity (Wildman–Crippen MR) is 208 cm³/mol. The zero-order valence-electron chi connectivity index (χ0n) is 31.8. The van der Waals surface area contributed by atoms with Crippen LogP contribution in [0.25, 0.3) is 27.5 Å². The number of allylic oxidation sites excluding steroid dienone is 4. The van der Waals surface area contributed by atoms with Gasteiger partial charge >= 0.3 is 17.9 Å². The van der Waals surface area contributed by atoms with Crippen LogP contribution in [0.15, 0.2) is 102 Å². The standard InChI is InChI=1S/C25H38O5.C19H14N2O2/c1-17(10-7-11-20(24(29)30)16-23(27)28)8-6-9-18(2)12-13-21-19(3)22(26)14-15-25(21,4)5;1-23-19(22)15-7-3-5-9-18(15)21-11-10-14-13-6-2-4-8-16(13)20-17(14)12-21/h9-10,16,19,21H,6-8,11-15H2,1-5H3,(H,27,28)(H,29,30);2-12H,1H3/p+1/b17-10+,18-9+,20-16-;. The van der Waals surface area contributed by atoms with Gasteiger partial charge in [-0.15, -0.1) is 0 Å². The minimum atomic E-state index is -1.23. The third-order valence-corrected chi connectivity index (χ3v) is 10.5. The van der Waals surface area contributed by atoms with E-state index in [1.165, 1.54) is 23.6 Å². The third-order valence-electron chi connectivity index (χ3n) is 10.5. The Hall–Kier alpha value is -5.31. The molecule has 1 saturated carbocycles. The molecule has 0 spiro atoms. The lowest BCUT2D eigenvalue weighted by atomic mass is 9.62. The number of aromatic nitrogens is 2. The smallest absolute Gasteiger partial charge is 0.344 e. The second-order valence-corrected chi connectivity index (χ2v) is 14.7. The quantitative estimate of drug-likeness (QED) is 0.0541. The molecule has 2 heterocycles. The van der Waals surface area contributed by atoms with Crippen molar-refractivity contribution >= 4 is 45.5 Å². The van der Waals surface area contributed by atoms with Gasteiger partial charge in [0.05, 0.1) is 7.11 Å². The van der Waals surface area contributed by atoms with Gasteiger partial charge in [0.25, 0.3) is 0 Å². The number of aliphatic carboxylic acids is 2. The summed E-state index contributed by atoms with van der Waals surface area (Å²) in [6.45, 7) is 10.8. The van der Waals surface area contributed by atoms with Gasteiger partial charge in [0.2, 0.25) is 5.69 Å². The van der Waals surface area contributed by atoms with E-state index in [4.69, 9.17) is 14.9 Å². The summed E-state index contributed by atoms with van der Waals surface area (Å²) in [5.74, 6) is -1.76. The lowest BCUT2D eigenvalue weighted by molar-refractivity contribution is -0.594. The molecule has 0 bridgehead atoms. The fourth-order valence-corrected chi connectivity index (χ4v) is 7.33. The summed E-state index contributed by atoms with van der Waals surface area (Å²) in [5.41, 5.74) is 6.11. The number of nitrogens with zero attached hydrogens (tertiary/aromatic N) is 1. The first-order valence-corrected chi connectivity index (χ1v) is 18.3. The van der Waals surface area contributed by atoms with Crippen molar-refractivity contribution in [1.82, 2.24) is 4.98 Å². The number of aromatic amines is 1. The Bertz CT molecular complexity index is 2050. The lowest BCUT2D eigenvalue weighted by Gasteiger charge is -2.42. The van der Waals surface area contributed by atoms with Crippen LogP contribution < -0.4 is 4.57 Å². The summed E-state index contributed by atoms with van der Waals surface area (Å²) in [4.78, 5) is 49.2. The SMILES string of the molecule is C/C(=C\CC/C(=C/C(=O)O)C(=O)O)CC/C=C(\C)CCC1C(C)C(=O)CCC1(C)C.COC(=O)c1ccccc1-[n+]1ccc2c(c1)[nH]c1ccccc12. The number of hydrogen-bond acceptors (Lipinski definition) is 5. The van der Waals surface area contributed by atoms with E-state index in [0.29, 0.717) is 30.1 Å². The van der Waals surface area contributed by atoms with Crippen LogP contribution in [0.3, 0.4) is 0 Å². The molecule has 1 aliphatic carbocycles. The van der Waals surface area contributed by atoms with Crippen molar-refractivity contribution in [3.8, 4) is 5.69 Å². The molecule has 3 N–H and O–H groups in total. The van der Waals surface area contributed by atoms with E-state index in [-0.39, 0.29) is 29.3 Å². The van der Waals surface area contributed by atoms with Crippen molar-refractivity contribution in [2.45, 2.75) is 86.0 Å². The lowest BCUT2D eigenvalue weighted by Crippen LogP contribution is -2.38. The maximum atomic E-state index is 12.1. The number of carbonyl (C=O) groups is 4. The van der Waals surface area contributed by atoms with E-state index in [2.05, 4.69) is 57.0 Å². The molecule has 9 heteroatoms. The summed E-state index contributed by atoms with van der Waals surface area (Å²) in [7, 11) is 1.39. The highest BCUT2D eigenvalue weighted by molar-refractivity contribution is 6.06. The topological polar surface area (TPSA) is 138 Å². The van der Waals surface area contributed by atoms with Gasteiger partial charge in [-0.2, -0.15) is 4.57 Å². The van der Waals surface area contributed by atoms with Crippen LogP contribution in [0.4, 0.5) is 0 Å². The molecule has 1 aliphatic rings. The molecule has 0 amide bonds. The Balaban J connectivity index is 0.000000243. The van der Waals surface area contributed by atoms with Crippen LogP contribution in [0.1, 0.15) is 96.3 Å². The van der Waals surface area contributed by atoms with E-state index in [1.807, 2.05) is 60.3 Å². The maximum Gasteiger partial charge on any atom is 0.344 e. The highest BCUT2D eigenvalue weighted by Crippen LogP contribution is 2.45. The van der Waals surface area contributed by atoms with Crippen LogP contribution in [-0.2, 0) is 19.1 Å². The monoisotopic (exact) mass is 721 g/mol. The second kappa shape index (κ2) is 18.4. The molecular weight excluding hydrogens is 668 g/mol. The van der Waals surface area contributed by atoms with Crippen molar-refractivity contribution in [2.75, 3.05) is 7.11 Å². The number of H-pyrrole nitrogens is 1. The zero-order valence-corrected chi connectivity index (χ0v) is 31.8. The molecule has 5 rings (SSSR count). The number of ketones is 1. The van der Waals surface area contributed by atoms with Gasteiger partial charge in [-0.1, -0.05) is 74.4 Å². The Morgan fingerprint density at radius 3 is 2.25 bits per heavy atom. The minimum Gasteiger partial charge on any atom is -0.478 e. The zero-order chi connectivity index (χ0) is 38.7. The Morgan fingerprint density at radius 2 is 1.55 bits per heavy atom. The molecule has 53 heavy (non-hydrogen) atoms. The number of para-hydroxylation sites is 2. The largest absolute Gasteiger partial charge is 0.478 e. The summed E-state index contributed by atoms with van der Waals surface area (Å²) in [6.07, 6.45) is 15.3. The molecular formula is C44H53N2O7+. The van der Waals surface area contributed by atoms with Crippen molar-refractivity contribution in [2.24, 2.45) is 17.3 Å². The number of rotatable bonds is 13. The van der Waals surface area contributed by atoms with Crippen molar-refractivity contribution < 1.29 is 38.7 Å². The first-order chi connectivity index (χ1) is 25.2. The average molecular weight is 722 g/mol. The Labute approximate surface area is 312 Å². The molecule has 280 valence electrons. The number of fused-ring (bicyclic) bond motifs is 3. The van der Waals surface area contributed by atoms with Gasteiger partial charge < -0.3 is 19.9 Å². The first-order valence-electron chi connectivity index (χ1n) is 18.3. The molecule has 0 saturated heterocycles. The van der Waals surface area contributed by atoms with Gasteiger partial charge in [-0.05, 0) is 82.3 Å².